The van der Waals surface area contributed by atoms with Gasteiger partial charge in [0.15, 0.2) is 5.11 Å². The standard InChI is InChI=1S/C34H30N4O3S/c1-21-10-4-7-14-30(21)41-25-17-15-24(16-18-25)38-32(31(36-34(38)42)28-12-8-9-19-35-28)27-20-22(2)37(23(27)3)29-13-6-5-11-26(29)33(39)40/h4-20,31-32H,1-3H3,(H,36,42)(H,39,40)/t31-,32+/m1/s1. The Labute approximate surface area is 250 Å². The second kappa shape index (κ2) is 11.1. The highest BCUT2D eigenvalue weighted by molar-refractivity contribution is 7.80. The van der Waals surface area contributed by atoms with Gasteiger partial charge >= 0.3 is 5.97 Å². The molecule has 1 saturated heterocycles. The molecule has 2 N–H and O–H groups in total. The Morgan fingerprint density at radius 1 is 0.929 bits per heavy atom. The van der Waals surface area contributed by atoms with Crippen LogP contribution < -0.4 is 15.0 Å². The van der Waals surface area contributed by atoms with Crippen LogP contribution in [0.5, 0.6) is 11.5 Å². The molecule has 210 valence electrons. The third kappa shape index (κ3) is 4.90. The first kappa shape index (κ1) is 27.2. The average Bonchev–Trinajstić information content (AvgIpc) is 3.49. The molecule has 3 heterocycles. The fraction of sp³-hybridized carbons (Fsp3) is 0.147. The number of aromatic carboxylic acids is 1. The second-order valence-electron chi connectivity index (χ2n) is 10.3. The van der Waals surface area contributed by atoms with E-state index in [-0.39, 0.29) is 17.6 Å². The van der Waals surface area contributed by atoms with Crippen molar-refractivity contribution in [1.82, 2.24) is 14.9 Å². The number of hydrogen-bond donors (Lipinski definition) is 2. The summed E-state index contributed by atoms with van der Waals surface area (Å²) in [6.07, 6.45) is 1.78. The van der Waals surface area contributed by atoms with Gasteiger partial charge in [0, 0.05) is 23.3 Å². The van der Waals surface area contributed by atoms with Gasteiger partial charge in [-0.05, 0) is 105 Å². The van der Waals surface area contributed by atoms with Gasteiger partial charge < -0.3 is 24.6 Å². The van der Waals surface area contributed by atoms with Gasteiger partial charge in [-0.25, -0.2) is 4.79 Å². The summed E-state index contributed by atoms with van der Waals surface area (Å²) in [7, 11) is 0. The number of rotatable bonds is 7. The average molecular weight is 575 g/mol. The first-order valence-electron chi connectivity index (χ1n) is 13.7. The Kier molecular flexibility index (Phi) is 7.22. The molecular formula is C34H30N4O3S. The molecule has 5 aromatic rings. The van der Waals surface area contributed by atoms with Gasteiger partial charge in [-0.3, -0.25) is 4.98 Å². The van der Waals surface area contributed by atoms with Gasteiger partial charge in [0.1, 0.15) is 11.5 Å². The third-order valence-corrected chi connectivity index (χ3v) is 8.01. The molecule has 2 atom stereocenters. The second-order valence-corrected chi connectivity index (χ2v) is 10.7. The van der Waals surface area contributed by atoms with Crippen LogP contribution in [-0.2, 0) is 0 Å². The lowest BCUT2D eigenvalue weighted by Crippen LogP contribution is -2.29. The summed E-state index contributed by atoms with van der Waals surface area (Å²) in [5.74, 6) is 0.572. The van der Waals surface area contributed by atoms with Gasteiger partial charge in [0.05, 0.1) is 29.0 Å². The number of hydrogen-bond acceptors (Lipinski definition) is 4. The van der Waals surface area contributed by atoms with Gasteiger partial charge in [-0.15, -0.1) is 0 Å². The summed E-state index contributed by atoms with van der Waals surface area (Å²) in [5, 5.41) is 14.0. The maximum Gasteiger partial charge on any atom is 0.337 e. The number of para-hydroxylation sites is 2. The molecule has 0 amide bonds. The molecule has 0 aliphatic carbocycles. The highest BCUT2D eigenvalue weighted by Crippen LogP contribution is 2.44. The van der Waals surface area contributed by atoms with Crippen molar-refractivity contribution >= 4 is 29.0 Å². The van der Waals surface area contributed by atoms with Crippen LogP contribution in [0.1, 0.15) is 50.7 Å². The lowest BCUT2D eigenvalue weighted by Gasteiger charge is -2.28. The predicted molar refractivity (Wildman–Crippen MR) is 168 cm³/mol. The largest absolute Gasteiger partial charge is 0.478 e. The molecule has 0 radical (unpaired) electrons. The lowest BCUT2D eigenvalue weighted by atomic mass is 9.96. The van der Waals surface area contributed by atoms with Crippen LogP contribution in [0.25, 0.3) is 5.69 Å². The molecule has 2 aromatic heterocycles. The van der Waals surface area contributed by atoms with Crippen molar-refractivity contribution in [3.05, 3.63) is 137 Å². The van der Waals surface area contributed by atoms with Gasteiger partial charge in [0.25, 0.3) is 0 Å². The monoisotopic (exact) mass is 574 g/mol. The van der Waals surface area contributed by atoms with Crippen LogP contribution in [0.4, 0.5) is 5.69 Å². The summed E-state index contributed by atoms with van der Waals surface area (Å²) in [6, 6.07) is 30.4. The van der Waals surface area contributed by atoms with Crippen LogP contribution in [0.15, 0.2) is 103 Å². The first-order chi connectivity index (χ1) is 20.3. The van der Waals surface area contributed by atoms with Crippen molar-refractivity contribution in [1.29, 1.82) is 0 Å². The molecule has 7 nitrogen and oxygen atoms in total. The van der Waals surface area contributed by atoms with Crippen molar-refractivity contribution in [2.45, 2.75) is 32.9 Å². The highest BCUT2D eigenvalue weighted by atomic mass is 32.1. The molecule has 3 aromatic carbocycles. The van der Waals surface area contributed by atoms with Crippen molar-refractivity contribution in [2.24, 2.45) is 0 Å². The summed E-state index contributed by atoms with van der Waals surface area (Å²) >= 11 is 5.93. The zero-order chi connectivity index (χ0) is 29.4. The Hall–Kier alpha value is -4.95. The smallest absolute Gasteiger partial charge is 0.337 e. The van der Waals surface area contributed by atoms with Crippen LogP contribution in [-0.4, -0.2) is 25.7 Å². The van der Waals surface area contributed by atoms with E-state index in [0.29, 0.717) is 10.8 Å². The minimum absolute atomic E-state index is 0.231. The van der Waals surface area contributed by atoms with E-state index in [4.69, 9.17) is 17.0 Å². The lowest BCUT2D eigenvalue weighted by molar-refractivity contribution is 0.0697. The Morgan fingerprint density at radius 2 is 1.64 bits per heavy atom. The molecule has 6 rings (SSSR count). The van der Waals surface area contributed by atoms with Gasteiger partial charge in [0.2, 0.25) is 0 Å². The molecule has 0 spiro atoms. The molecule has 42 heavy (non-hydrogen) atoms. The molecule has 1 aliphatic rings. The molecule has 0 bridgehead atoms. The Bertz CT molecular complexity index is 1780. The molecular weight excluding hydrogens is 544 g/mol. The third-order valence-electron chi connectivity index (χ3n) is 7.70. The fourth-order valence-electron chi connectivity index (χ4n) is 5.73. The van der Waals surface area contributed by atoms with Crippen molar-refractivity contribution in [3.8, 4) is 17.2 Å². The van der Waals surface area contributed by atoms with E-state index in [9.17, 15) is 9.90 Å². The minimum Gasteiger partial charge on any atom is -0.478 e. The number of carboxylic acid groups (broad SMARTS) is 1. The summed E-state index contributed by atoms with van der Waals surface area (Å²) < 4.78 is 8.15. The number of benzene rings is 3. The summed E-state index contributed by atoms with van der Waals surface area (Å²) in [4.78, 5) is 18.9. The zero-order valence-electron chi connectivity index (χ0n) is 23.5. The maximum atomic E-state index is 12.1. The van der Waals surface area contributed by atoms with E-state index in [1.165, 1.54) is 0 Å². The van der Waals surface area contributed by atoms with Crippen molar-refractivity contribution < 1.29 is 14.6 Å². The minimum atomic E-state index is -0.968. The number of thiocarbonyl (C=S) groups is 1. The Morgan fingerprint density at radius 3 is 2.36 bits per heavy atom. The number of carboxylic acids is 1. The topological polar surface area (TPSA) is 79.6 Å². The number of aromatic nitrogens is 2. The van der Waals surface area contributed by atoms with E-state index in [1.54, 1.807) is 18.3 Å². The van der Waals surface area contributed by atoms with Gasteiger partial charge in [-0.1, -0.05) is 36.4 Å². The first-order valence-corrected chi connectivity index (χ1v) is 14.1. The molecule has 1 aliphatic heterocycles. The molecule has 0 saturated carbocycles. The van der Waals surface area contributed by atoms with E-state index in [0.717, 1.165) is 45.4 Å². The number of nitrogens with zero attached hydrogens (tertiary/aromatic N) is 3. The summed E-state index contributed by atoms with van der Waals surface area (Å²) in [5.41, 5.74) is 6.58. The van der Waals surface area contributed by atoms with Crippen LogP contribution in [0.2, 0.25) is 0 Å². The van der Waals surface area contributed by atoms with Crippen molar-refractivity contribution in [3.63, 3.8) is 0 Å². The van der Waals surface area contributed by atoms with E-state index >= 15 is 0 Å². The fourth-order valence-corrected chi connectivity index (χ4v) is 6.07. The highest BCUT2D eigenvalue weighted by Gasteiger charge is 2.42. The number of carbonyl (C=O) groups is 1. The van der Waals surface area contributed by atoms with Gasteiger partial charge in [-0.2, -0.15) is 0 Å². The molecule has 0 unspecified atom stereocenters. The number of anilines is 1. The predicted octanol–water partition coefficient (Wildman–Crippen LogP) is 7.47. The van der Waals surface area contributed by atoms with Crippen molar-refractivity contribution in [2.75, 3.05) is 4.90 Å². The van der Waals surface area contributed by atoms with Crippen LogP contribution in [0.3, 0.4) is 0 Å². The van der Waals surface area contributed by atoms with E-state index < -0.39 is 5.97 Å². The Balaban J connectivity index is 1.44. The number of ether oxygens (including phenoxy) is 1. The quantitative estimate of drug-likeness (QED) is 0.195. The van der Waals surface area contributed by atoms with Crippen LogP contribution >= 0.6 is 12.2 Å². The van der Waals surface area contributed by atoms with Crippen LogP contribution in [0, 0.1) is 20.8 Å². The van der Waals surface area contributed by atoms with E-state index in [1.807, 2.05) is 104 Å². The zero-order valence-corrected chi connectivity index (χ0v) is 24.3. The molecule has 8 heteroatoms. The molecule has 1 fully saturated rings. The number of pyridine rings is 1. The summed E-state index contributed by atoms with van der Waals surface area (Å²) in [6.45, 7) is 6.04. The number of aryl methyl sites for hydroxylation is 2. The SMILES string of the molecule is Cc1ccccc1Oc1ccc(N2C(=S)N[C@H](c3ccccn3)[C@@H]2c2cc(C)n(-c3ccccc3C(=O)O)c2C)cc1. The normalized spacial score (nSPS) is 16.4. The maximum absolute atomic E-state index is 12.1. The van der Waals surface area contributed by atoms with E-state index in [2.05, 4.69) is 21.3 Å². The number of nitrogens with one attached hydrogen (secondary N) is 1.